The smallest absolute Gasteiger partial charge is 0.276 e. The molecular formula is C24H23F2N5O3. The zero-order chi connectivity index (χ0) is 24.2. The highest BCUT2D eigenvalue weighted by Gasteiger charge is 2.17. The van der Waals surface area contributed by atoms with Crippen molar-refractivity contribution in [1.29, 1.82) is 0 Å². The molecule has 0 unspecified atom stereocenters. The van der Waals surface area contributed by atoms with Gasteiger partial charge in [0.15, 0.2) is 24.0 Å². The Bertz CT molecular complexity index is 1330. The predicted octanol–water partition coefficient (Wildman–Crippen LogP) is 4.32. The van der Waals surface area contributed by atoms with Crippen LogP contribution in [0.15, 0.2) is 54.7 Å². The van der Waals surface area contributed by atoms with E-state index < -0.39 is 17.5 Å². The summed E-state index contributed by atoms with van der Waals surface area (Å²) in [6.45, 7) is 4.06. The Hall–Kier alpha value is -4.21. The molecule has 0 spiro atoms. The number of carbonyl (C=O) groups is 1. The maximum absolute atomic E-state index is 13.7. The number of hydrogen-bond acceptors (Lipinski definition) is 5. The first-order valence-corrected chi connectivity index (χ1v) is 10.4. The summed E-state index contributed by atoms with van der Waals surface area (Å²) in [4.78, 5) is 12.8. The minimum atomic E-state index is -0.818. The summed E-state index contributed by atoms with van der Waals surface area (Å²) in [6.07, 6.45) is 1.53. The number of ether oxygens (including phenoxy) is 2. The first-order valence-electron chi connectivity index (χ1n) is 10.4. The number of benzene rings is 2. The second kappa shape index (κ2) is 9.74. The van der Waals surface area contributed by atoms with Gasteiger partial charge in [0.2, 0.25) is 0 Å². The van der Waals surface area contributed by atoms with Crippen molar-refractivity contribution in [1.82, 2.24) is 19.6 Å². The van der Waals surface area contributed by atoms with Crippen molar-refractivity contribution in [2.75, 3.05) is 12.4 Å². The van der Waals surface area contributed by atoms with E-state index in [4.69, 9.17) is 9.47 Å². The fourth-order valence-electron chi connectivity index (χ4n) is 3.44. The monoisotopic (exact) mass is 467 g/mol. The van der Waals surface area contributed by atoms with Crippen LogP contribution >= 0.6 is 0 Å². The molecule has 0 aliphatic rings. The standard InChI is InChI=1S/C24H23F2N5O3/c1-15-23(16(2)31(28-15)13-17-5-4-6-19(11-17)33-3)27-24(32)21-9-10-30(29-21)14-34-22-8-7-18(25)12-20(22)26/h4-12H,13-14H2,1-3H3,(H,27,32). The van der Waals surface area contributed by atoms with Crippen LogP contribution in [0.25, 0.3) is 0 Å². The summed E-state index contributed by atoms with van der Waals surface area (Å²) in [5, 5.41) is 11.6. The third kappa shape index (κ3) is 5.06. The van der Waals surface area contributed by atoms with Crippen LogP contribution in [0.4, 0.5) is 14.5 Å². The topological polar surface area (TPSA) is 83.2 Å². The van der Waals surface area contributed by atoms with E-state index in [-0.39, 0.29) is 18.2 Å². The average molecular weight is 467 g/mol. The van der Waals surface area contributed by atoms with Crippen LogP contribution in [0.1, 0.15) is 27.4 Å². The molecule has 2 aromatic carbocycles. The molecule has 2 heterocycles. The molecule has 4 rings (SSSR count). The number of amides is 1. The third-order valence-electron chi connectivity index (χ3n) is 5.21. The number of carbonyl (C=O) groups excluding carboxylic acids is 1. The molecule has 1 amide bonds. The Morgan fingerprint density at radius 1 is 1.09 bits per heavy atom. The largest absolute Gasteiger partial charge is 0.497 e. The molecule has 176 valence electrons. The van der Waals surface area contributed by atoms with Gasteiger partial charge >= 0.3 is 0 Å². The van der Waals surface area contributed by atoms with Gasteiger partial charge in [-0.05, 0) is 49.7 Å². The van der Waals surface area contributed by atoms with E-state index in [1.54, 1.807) is 7.11 Å². The maximum atomic E-state index is 13.7. The molecule has 0 fully saturated rings. The van der Waals surface area contributed by atoms with Gasteiger partial charge in [0.05, 0.1) is 30.7 Å². The summed E-state index contributed by atoms with van der Waals surface area (Å²) in [5.41, 5.74) is 3.24. The van der Waals surface area contributed by atoms with E-state index in [2.05, 4.69) is 15.5 Å². The molecular weight excluding hydrogens is 444 g/mol. The van der Waals surface area contributed by atoms with Crippen molar-refractivity contribution in [2.45, 2.75) is 27.1 Å². The summed E-state index contributed by atoms with van der Waals surface area (Å²) >= 11 is 0. The first kappa shape index (κ1) is 23.0. The van der Waals surface area contributed by atoms with Gasteiger partial charge < -0.3 is 14.8 Å². The van der Waals surface area contributed by atoms with E-state index in [9.17, 15) is 13.6 Å². The molecule has 0 saturated heterocycles. The Balaban J connectivity index is 1.42. The third-order valence-corrected chi connectivity index (χ3v) is 5.21. The van der Waals surface area contributed by atoms with E-state index >= 15 is 0 Å². The average Bonchev–Trinajstić information content (AvgIpc) is 3.39. The second-order valence-corrected chi connectivity index (χ2v) is 7.60. The quantitative estimate of drug-likeness (QED) is 0.417. The maximum Gasteiger partial charge on any atom is 0.276 e. The summed E-state index contributed by atoms with van der Waals surface area (Å²) in [5.74, 6) is -1.28. The number of aryl methyl sites for hydroxylation is 1. The van der Waals surface area contributed by atoms with Gasteiger partial charge in [0.25, 0.3) is 5.91 Å². The van der Waals surface area contributed by atoms with Crippen molar-refractivity contribution in [3.8, 4) is 11.5 Å². The van der Waals surface area contributed by atoms with E-state index in [0.29, 0.717) is 17.9 Å². The number of aromatic nitrogens is 4. The highest BCUT2D eigenvalue weighted by Crippen LogP contribution is 2.22. The molecule has 0 aliphatic carbocycles. The lowest BCUT2D eigenvalue weighted by Gasteiger charge is -2.08. The number of hydrogen-bond donors (Lipinski definition) is 1. The van der Waals surface area contributed by atoms with Gasteiger partial charge in [-0.15, -0.1) is 0 Å². The minimum absolute atomic E-state index is 0.113. The summed E-state index contributed by atoms with van der Waals surface area (Å²) in [7, 11) is 1.62. The first-order chi connectivity index (χ1) is 16.3. The normalized spacial score (nSPS) is 10.9. The Morgan fingerprint density at radius 2 is 1.91 bits per heavy atom. The van der Waals surface area contributed by atoms with E-state index in [1.165, 1.54) is 23.0 Å². The van der Waals surface area contributed by atoms with E-state index in [1.807, 2.05) is 42.8 Å². The Morgan fingerprint density at radius 3 is 2.68 bits per heavy atom. The molecule has 34 heavy (non-hydrogen) atoms. The Kier molecular flexibility index (Phi) is 6.58. The van der Waals surface area contributed by atoms with Crippen molar-refractivity contribution < 1.29 is 23.0 Å². The van der Waals surface area contributed by atoms with Crippen LogP contribution in [0, 0.1) is 25.5 Å². The van der Waals surface area contributed by atoms with Gasteiger partial charge in [-0.25, -0.2) is 13.5 Å². The number of methoxy groups -OCH3 is 1. The predicted molar refractivity (Wildman–Crippen MR) is 121 cm³/mol. The highest BCUT2D eigenvalue weighted by atomic mass is 19.1. The van der Waals surface area contributed by atoms with Gasteiger partial charge in [-0.1, -0.05) is 12.1 Å². The fourth-order valence-corrected chi connectivity index (χ4v) is 3.44. The van der Waals surface area contributed by atoms with Gasteiger partial charge in [0.1, 0.15) is 11.6 Å². The Labute approximate surface area is 194 Å². The number of nitrogens with zero attached hydrogens (tertiary/aromatic N) is 4. The molecule has 0 saturated carbocycles. The van der Waals surface area contributed by atoms with Crippen molar-refractivity contribution in [3.63, 3.8) is 0 Å². The number of halogens is 2. The minimum Gasteiger partial charge on any atom is -0.497 e. The van der Waals surface area contributed by atoms with E-state index in [0.717, 1.165) is 29.1 Å². The van der Waals surface area contributed by atoms with Crippen molar-refractivity contribution in [3.05, 3.63) is 89.0 Å². The molecule has 2 aromatic heterocycles. The number of rotatable bonds is 8. The fraction of sp³-hybridized carbons (Fsp3) is 0.208. The summed E-state index contributed by atoms with van der Waals surface area (Å²) in [6, 6.07) is 12.2. The van der Waals surface area contributed by atoms with Crippen LogP contribution in [0.5, 0.6) is 11.5 Å². The lowest BCUT2D eigenvalue weighted by molar-refractivity contribution is 0.102. The van der Waals surface area contributed by atoms with Crippen LogP contribution in [-0.2, 0) is 13.3 Å². The number of nitrogens with one attached hydrogen (secondary N) is 1. The van der Waals surface area contributed by atoms with Gasteiger partial charge in [-0.2, -0.15) is 10.2 Å². The molecule has 0 bridgehead atoms. The zero-order valence-electron chi connectivity index (χ0n) is 18.9. The summed E-state index contributed by atoms with van der Waals surface area (Å²) < 4.78 is 40.4. The van der Waals surface area contributed by atoms with Crippen LogP contribution in [0.2, 0.25) is 0 Å². The van der Waals surface area contributed by atoms with Gasteiger partial charge in [-0.3, -0.25) is 9.48 Å². The van der Waals surface area contributed by atoms with Crippen LogP contribution in [-0.4, -0.2) is 32.6 Å². The van der Waals surface area contributed by atoms with Crippen molar-refractivity contribution in [2.24, 2.45) is 0 Å². The molecule has 4 aromatic rings. The lowest BCUT2D eigenvalue weighted by Crippen LogP contribution is -2.15. The van der Waals surface area contributed by atoms with Crippen molar-refractivity contribution >= 4 is 11.6 Å². The molecule has 8 nitrogen and oxygen atoms in total. The molecule has 0 radical (unpaired) electrons. The van der Waals surface area contributed by atoms with Crippen LogP contribution in [0.3, 0.4) is 0 Å². The molecule has 1 N–H and O–H groups in total. The number of anilines is 1. The second-order valence-electron chi connectivity index (χ2n) is 7.60. The zero-order valence-corrected chi connectivity index (χ0v) is 18.9. The highest BCUT2D eigenvalue weighted by molar-refractivity contribution is 6.03. The van der Waals surface area contributed by atoms with Crippen LogP contribution < -0.4 is 14.8 Å². The molecule has 0 atom stereocenters. The van der Waals surface area contributed by atoms with Gasteiger partial charge in [0, 0.05) is 12.3 Å². The molecule has 10 heteroatoms. The SMILES string of the molecule is COc1cccc(Cn2nc(C)c(NC(=O)c3ccn(COc4ccc(F)cc4F)n3)c2C)c1. The lowest BCUT2D eigenvalue weighted by atomic mass is 10.2. The molecule has 0 aliphatic heterocycles.